The summed E-state index contributed by atoms with van der Waals surface area (Å²) in [5.41, 5.74) is 8.93. The van der Waals surface area contributed by atoms with Gasteiger partial charge in [0.15, 0.2) is 0 Å². The maximum Gasteiger partial charge on any atom is 0.0614 e. The van der Waals surface area contributed by atoms with Crippen LogP contribution >= 0.6 is 0 Å². The monoisotopic (exact) mass is 637 g/mol. The van der Waals surface area contributed by atoms with Crippen molar-refractivity contribution < 1.29 is 5.11 Å². The lowest BCUT2D eigenvalue weighted by Gasteiger charge is -2.15. The fourth-order valence-corrected chi connectivity index (χ4v) is 6.21. The van der Waals surface area contributed by atoms with Gasteiger partial charge < -0.3 is 5.11 Å². The van der Waals surface area contributed by atoms with Gasteiger partial charge in [0.1, 0.15) is 0 Å². The molecule has 1 N–H and O–H groups in total. The quantitative estimate of drug-likeness (QED) is 0.0847. The zero-order valence-corrected chi connectivity index (χ0v) is 32.8. The van der Waals surface area contributed by atoms with Crippen LogP contribution in [0.1, 0.15) is 191 Å². The van der Waals surface area contributed by atoms with Crippen molar-refractivity contribution in [1.29, 1.82) is 0 Å². The van der Waals surface area contributed by atoms with Gasteiger partial charge in [0.2, 0.25) is 0 Å². The molecule has 0 aromatic carbocycles. The molecule has 46 heavy (non-hydrogen) atoms. The minimum Gasteiger partial charge on any atom is -0.392 e. The van der Waals surface area contributed by atoms with E-state index in [4.69, 9.17) is 5.11 Å². The molecule has 0 saturated carbocycles. The molecule has 0 bridgehead atoms. The maximum atomic E-state index is 8.97. The Labute approximate surface area is 289 Å². The molecule has 0 aliphatic rings. The fourth-order valence-electron chi connectivity index (χ4n) is 6.21. The van der Waals surface area contributed by atoms with Crippen molar-refractivity contribution in [3.63, 3.8) is 0 Å². The molecule has 266 valence electrons. The number of rotatable bonds is 28. The second-order valence-corrected chi connectivity index (χ2v) is 15.5. The molecule has 1 heteroatoms. The fraction of sp³-hybridized carbons (Fsp3) is 0.733. The lowest BCUT2D eigenvalue weighted by Crippen LogP contribution is -2.00. The molecule has 0 unspecified atom stereocenters. The lowest BCUT2D eigenvalue weighted by atomic mass is 9.91. The van der Waals surface area contributed by atoms with Gasteiger partial charge in [-0.1, -0.05) is 143 Å². The van der Waals surface area contributed by atoms with Crippen LogP contribution in [0.3, 0.4) is 0 Å². The average Bonchev–Trinajstić information content (AvgIpc) is 2.97. The van der Waals surface area contributed by atoms with Crippen LogP contribution in [0.2, 0.25) is 0 Å². The van der Waals surface area contributed by atoms with E-state index in [9.17, 15) is 0 Å². The van der Waals surface area contributed by atoms with E-state index in [2.05, 4.69) is 99.6 Å². The molecule has 0 aromatic rings. The largest absolute Gasteiger partial charge is 0.392 e. The van der Waals surface area contributed by atoms with Gasteiger partial charge in [0.25, 0.3) is 0 Å². The van der Waals surface area contributed by atoms with Crippen molar-refractivity contribution >= 4 is 0 Å². The predicted molar refractivity (Wildman–Crippen MR) is 211 cm³/mol. The van der Waals surface area contributed by atoms with Gasteiger partial charge in [-0.25, -0.2) is 0 Å². The molecule has 0 aliphatic carbocycles. The van der Waals surface area contributed by atoms with E-state index in [1.54, 1.807) is 11.1 Å². The molecule has 0 aliphatic heterocycles. The summed E-state index contributed by atoms with van der Waals surface area (Å²) in [6.07, 6.45) is 38.1. The summed E-state index contributed by atoms with van der Waals surface area (Å²) in [6, 6.07) is 0. The van der Waals surface area contributed by atoms with Crippen LogP contribution in [0.5, 0.6) is 0 Å². The second-order valence-electron chi connectivity index (χ2n) is 15.5. The number of hydrogen-bond donors (Lipinski definition) is 1. The van der Waals surface area contributed by atoms with Gasteiger partial charge in [-0.05, 0) is 136 Å². The summed E-state index contributed by atoms with van der Waals surface area (Å²) in [7, 11) is 0. The van der Waals surface area contributed by atoms with Crippen LogP contribution in [-0.4, -0.2) is 11.7 Å². The van der Waals surface area contributed by atoms with E-state index in [-0.39, 0.29) is 6.61 Å². The second kappa shape index (κ2) is 29.5. The molecule has 0 radical (unpaired) electrons. The molecule has 0 heterocycles. The van der Waals surface area contributed by atoms with Gasteiger partial charge in [-0.15, -0.1) is 0 Å². The molecule has 1 nitrogen and oxygen atoms in total. The first kappa shape index (κ1) is 44.4. The van der Waals surface area contributed by atoms with E-state index in [0.29, 0.717) is 0 Å². The molecular formula is C45H80O. The highest BCUT2D eigenvalue weighted by Crippen LogP contribution is 2.22. The zero-order chi connectivity index (χ0) is 34.6. The van der Waals surface area contributed by atoms with E-state index >= 15 is 0 Å². The van der Waals surface area contributed by atoms with Gasteiger partial charge in [0.05, 0.1) is 6.61 Å². The van der Waals surface area contributed by atoms with Crippen molar-refractivity contribution in [2.24, 2.45) is 17.8 Å². The summed E-state index contributed by atoms with van der Waals surface area (Å²) in [5.74, 6) is 2.65. The minimum atomic E-state index is 0.153. The standard InChI is InChI=1S/C45H80O/c1-37(2)19-11-20-38(3)21-12-22-39(4)23-13-24-40(5)25-14-26-41(6)27-15-28-42(7)29-16-30-43(8)31-17-32-44(9)33-18-34-45(10)35-36-46/h25,27,29,31,33,35,37-39,46H,11-24,26,28,30,32,34,36H2,1-10H3/b40-25+,41-27-,42-29-,43-31-,44-33-,45-35-/t38-,39-/m0/s1. The molecule has 0 fully saturated rings. The van der Waals surface area contributed by atoms with Crippen molar-refractivity contribution in [2.45, 2.75) is 191 Å². The summed E-state index contributed by atoms with van der Waals surface area (Å²) in [6.45, 7) is 23.4. The number of allylic oxidation sites excluding steroid dienone is 11. The Balaban J connectivity index is 4.07. The third-order valence-electron chi connectivity index (χ3n) is 9.74. The highest BCUT2D eigenvalue weighted by atomic mass is 16.2. The van der Waals surface area contributed by atoms with Crippen molar-refractivity contribution in [2.75, 3.05) is 6.61 Å². The molecule has 0 amide bonds. The van der Waals surface area contributed by atoms with Crippen LogP contribution in [0.15, 0.2) is 69.9 Å². The summed E-state index contributed by atoms with van der Waals surface area (Å²) in [5, 5.41) is 8.97. The van der Waals surface area contributed by atoms with Crippen LogP contribution in [0, 0.1) is 17.8 Å². The Bertz CT molecular complexity index is 934. The lowest BCUT2D eigenvalue weighted by molar-refractivity contribution is 0.341. The van der Waals surface area contributed by atoms with Crippen molar-refractivity contribution in [1.82, 2.24) is 0 Å². The Hall–Kier alpha value is -1.60. The van der Waals surface area contributed by atoms with E-state index in [0.717, 1.165) is 49.9 Å². The minimum absolute atomic E-state index is 0.153. The van der Waals surface area contributed by atoms with E-state index in [1.807, 2.05) is 6.08 Å². The topological polar surface area (TPSA) is 20.2 Å². The average molecular weight is 637 g/mol. The molecule has 0 spiro atoms. The molecular weight excluding hydrogens is 556 g/mol. The molecule has 0 saturated heterocycles. The van der Waals surface area contributed by atoms with Crippen LogP contribution in [0.4, 0.5) is 0 Å². The Morgan fingerprint density at radius 3 is 1.00 bits per heavy atom. The van der Waals surface area contributed by atoms with Crippen molar-refractivity contribution in [3.8, 4) is 0 Å². The third-order valence-corrected chi connectivity index (χ3v) is 9.74. The molecule has 0 rings (SSSR count). The number of aliphatic hydroxyl groups excluding tert-OH is 1. The first-order valence-electron chi connectivity index (χ1n) is 19.5. The highest BCUT2D eigenvalue weighted by Gasteiger charge is 2.07. The van der Waals surface area contributed by atoms with Crippen LogP contribution in [0.25, 0.3) is 0 Å². The maximum absolute atomic E-state index is 8.97. The van der Waals surface area contributed by atoms with Crippen LogP contribution in [-0.2, 0) is 0 Å². The Kier molecular flexibility index (Phi) is 28.5. The van der Waals surface area contributed by atoms with Gasteiger partial charge >= 0.3 is 0 Å². The van der Waals surface area contributed by atoms with Gasteiger partial charge in [-0.2, -0.15) is 0 Å². The first-order chi connectivity index (χ1) is 21.9. The number of hydrogen-bond acceptors (Lipinski definition) is 1. The normalized spacial score (nSPS) is 15.7. The summed E-state index contributed by atoms with van der Waals surface area (Å²) < 4.78 is 0. The Morgan fingerprint density at radius 1 is 0.391 bits per heavy atom. The number of aliphatic hydroxyl groups is 1. The Morgan fingerprint density at radius 2 is 0.674 bits per heavy atom. The van der Waals surface area contributed by atoms with Crippen LogP contribution < -0.4 is 0 Å². The smallest absolute Gasteiger partial charge is 0.0614 e. The highest BCUT2D eigenvalue weighted by molar-refractivity contribution is 5.09. The SMILES string of the molecule is C/C(=C/CO)CC/C=C(/C)CC/C=C(/C)CC/C=C(/C)CC/C=C(/C)CC/C=C(\C)CCC[C@@H](C)CCC[C@@H](C)CCCC(C)C. The molecule has 0 aromatic heterocycles. The van der Waals surface area contributed by atoms with E-state index < -0.39 is 0 Å². The van der Waals surface area contributed by atoms with E-state index in [1.165, 1.54) is 112 Å². The zero-order valence-electron chi connectivity index (χ0n) is 32.8. The molecule has 2 atom stereocenters. The first-order valence-corrected chi connectivity index (χ1v) is 19.5. The van der Waals surface area contributed by atoms with Gasteiger partial charge in [0, 0.05) is 0 Å². The van der Waals surface area contributed by atoms with Gasteiger partial charge in [-0.3, -0.25) is 0 Å². The summed E-state index contributed by atoms with van der Waals surface area (Å²) >= 11 is 0. The summed E-state index contributed by atoms with van der Waals surface area (Å²) in [4.78, 5) is 0. The predicted octanol–water partition coefficient (Wildman–Crippen LogP) is 15.0. The third kappa shape index (κ3) is 29.8. The van der Waals surface area contributed by atoms with Crippen molar-refractivity contribution in [3.05, 3.63) is 69.9 Å².